The highest BCUT2D eigenvalue weighted by Crippen LogP contribution is 2.28. The summed E-state index contributed by atoms with van der Waals surface area (Å²) in [6.45, 7) is 0. The lowest BCUT2D eigenvalue weighted by Gasteiger charge is -2.07. The van der Waals surface area contributed by atoms with Gasteiger partial charge in [-0.1, -0.05) is 24.3 Å². The largest absolute Gasteiger partial charge is 0.493 e. The Hall–Kier alpha value is -3.54. The third kappa shape index (κ3) is 5.23. The molecule has 0 unspecified atom stereocenters. The van der Waals surface area contributed by atoms with Crippen molar-refractivity contribution in [1.82, 2.24) is 0 Å². The fourth-order valence-electron chi connectivity index (χ4n) is 2.42. The fourth-order valence-corrected chi connectivity index (χ4v) is 2.42. The first kappa shape index (κ1) is 20.8. The summed E-state index contributed by atoms with van der Waals surface area (Å²) in [6.07, 6.45) is 5.55. The van der Waals surface area contributed by atoms with Gasteiger partial charge in [0.15, 0.2) is 23.0 Å². The summed E-state index contributed by atoms with van der Waals surface area (Å²) in [5.74, 6) is 0.978. The number of ketones is 2. The molecule has 6 heteroatoms. The highest BCUT2D eigenvalue weighted by atomic mass is 16.5. The Bertz CT molecular complexity index is 836. The van der Waals surface area contributed by atoms with Crippen LogP contribution in [0.15, 0.2) is 48.6 Å². The van der Waals surface area contributed by atoms with E-state index >= 15 is 0 Å². The number of rotatable bonds is 9. The summed E-state index contributed by atoms with van der Waals surface area (Å²) in [5.41, 5.74) is 1.42. The van der Waals surface area contributed by atoms with Crippen molar-refractivity contribution in [1.29, 1.82) is 0 Å². The molecule has 0 fully saturated rings. The standard InChI is InChI=1S/C22H22O6/c1-25-19-11-7-15(13-21(19)27-3)5-9-17(23)18(24)10-6-16-8-12-20(26-2)22(14-16)28-4/h5-14H,1-4H3/b9-5+,10-6+. The summed E-state index contributed by atoms with van der Waals surface area (Å²) in [7, 11) is 6.14. The number of benzene rings is 2. The molecule has 0 aliphatic carbocycles. The van der Waals surface area contributed by atoms with Crippen LogP contribution in [0.25, 0.3) is 12.2 Å². The van der Waals surface area contributed by atoms with E-state index in [1.165, 1.54) is 26.4 Å². The van der Waals surface area contributed by atoms with Crippen LogP contribution < -0.4 is 18.9 Å². The third-order valence-corrected chi connectivity index (χ3v) is 3.91. The molecule has 0 bridgehead atoms. The van der Waals surface area contributed by atoms with E-state index in [1.807, 2.05) is 0 Å². The van der Waals surface area contributed by atoms with Crippen LogP contribution >= 0.6 is 0 Å². The minimum absolute atomic E-state index is 0.539. The molecule has 0 amide bonds. The SMILES string of the molecule is COc1ccc(/C=C/C(=O)C(=O)/C=C/c2ccc(OC)c(OC)c2)cc1OC. The van der Waals surface area contributed by atoms with Crippen molar-refractivity contribution in [2.75, 3.05) is 28.4 Å². The maximum absolute atomic E-state index is 12.1. The number of carbonyl (C=O) groups is 2. The van der Waals surface area contributed by atoms with Gasteiger partial charge in [-0.25, -0.2) is 0 Å². The average molecular weight is 382 g/mol. The summed E-state index contributed by atoms with van der Waals surface area (Å²) < 4.78 is 20.8. The Kier molecular flexibility index (Phi) is 7.39. The quantitative estimate of drug-likeness (QED) is 0.488. The second-order valence-corrected chi connectivity index (χ2v) is 5.62. The summed E-state index contributed by atoms with van der Waals surface area (Å²) in [6, 6.07) is 10.4. The minimum Gasteiger partial charge on any atom is -0.493 e. The molecular weight excluding hydrogens is 360 g/mol. The molecule has 2 aromatic rings. The molecule has 6 nitrogen and oxygen atoms in total. The normalized spacial score (nSPS) is 10.9. The fraction of sp³-hybridized carbons (Fsp3) is 0.182. The highest BCUT2D eigenvalue weighted by Gasteiger charge is 2.08. The van der Waals surface area contributed by atoms with Gasteiger partial charge in [0.05, 0.1) is 28.4 Å². The van der Waals surface area contributed by atoms with Gasteiger partial charge in [-0.05, 0) is 47.5 Å². The summed E-state index contributed by atoms with van der Waals surface area (Å²) >= 11 is 0. The second-order valence-electron chi connectivity index (χ2n) is 5.62. The average Bonchev–Trinajstić information content (AvgIpc) is 2.74. The summed E-state index contributed by atoms with van der Waals surface area (Å²) in [4.78, 5) is 24.1. The van der Waals surface area contributed by atoms with Gasteiger partial charge in [0.1, 0.15) is 0 Å². The molecule has 0 saturated carbocycles. The zero-order chi connectivity index (χ0) is 20.5. The number of ether oxygens (including phenoxy) is 4. The smallest absolute Gasteiger partial charge is 0.225 e. The van der Waals surface area contributed by atoms with Crippen LogP contribution in [0.4, 0.5) is 0 Å². The van der Waals surface area contributed by atoms with Crippen molar-refractivity contribution in [2.24, 2.45) is 0 Å². The predicted molar refractivity (Wildman–Crippen MR) is 107 cm³/mol. The van der Waals surface area contributed by atoms with E-state index in [2.05, 4.69) is 0 Å². The van der Waals surface area contributed by atoms with E-state index in [9.17, 15) is 9.59 Å². The lowest BCUT2D eigenvalue weighted by Crippen LogP contribution is -2.06. The lowest BCUT2D eigenvalue weighted by atomic mass is 10.1. The lowest BCUT2D eigenvalue weighted by molar-refractivity contribution is -0.130. The van der Waals surface area contributed by atoms with Crippen LogP contribution in [0, 0.1) is 0 Å². The molecule has 2 aromatic carbocycles. The van der Waals surface area contributed by atoms with Crippen LogP contribution in [0.3, 0.4) is 0 Å². The molecule has 0 heterocycles. The van der Waals surface area contributed by atoms with Crippen LogP contribution in [-0.4, -0.2) is 40.0 Å². The molecule has 0 aliphatic heterocycles. The van der Waals surface area contributed by atoms with Crippen molar-refractivity contribution in [2.45, 2.75) is 0 Å². The molecule has 146 valence electrons. The zero-order valence-electron chi connectivity index (χ0n) is 16.2. The van der Waals surface area contributed by atoms with E-state index in [0.29, 0.717) is 34.1 Å². The predicted octanol–water partition coefficient (Wildman–Crippen LogP) is 3.59. The van der Waals surface area contributed by atoms with Crippen molar-refractivity contribution in [3.8, 4) is 23.0 Å². The van der Waals surface area contributed by atoms with Crippen LogP contribution in [0.2, 0.25) is 0 Å². The van der Waals surface area contributed by atoms with Gasteiger partial charge >= 0.3 is 0 Å². The van der Waals surface area contributed by atoms with Crippen molar-refractivity contribution in [3.05, 3.63) is 59.7 Å². The van der Waals surface area contributed by atoms with E-state index in [-0.39, 0.29) is 0 Å². The van der Waals surface area contributed by atoms with Crippen molar-refractivity contribution in [3.63, 3.8) is 0 Å². The number of carbonyl (C=O) groups excluding carboxylic acids is 2. The van der Waals surface area contributed by atoms with E-state index in [4.69, 9.17) is 18.9 Å². The topological polar surface area (TPSA) is 71.1 Å². The Morgan fingerprint density at radius 2 is 0.964 bits per heavy atom. The minimum atomic E-state index is -0.633. The monoisotopic (exact) mass is 382 g/mol. The Morgan fingerprint density at radius 3 is 1.29 bits per heavy atom. The number of hydrogen-bond donors (Lipinski definition) is 0. The maximum Gasteiger partial charge on any atom is 0.225 e. The highest BCUT2D eigenvalue weighted by molar-refractivity contribution is 6.46. The first-order valence-electron chi connectivity index (χ1n) is 8.41. The van der Waals surface area contributed by atoms with E-state index in [0.717, 1.165) is 0 Å². The van der Waals surface area contributed by atoms with E-state index in [1.54, 1.807) is 62.8 Å². The molecular formula is C22H22O6. The molecule has 2 rings (SSSR count). The van der Waals surface area contributed by atoms with Crippen molar-refractivity contribution >= 4 is 23.7 Å². The van der Waals surface area contributed by atoms with E-state index < -0.39 is 11.6 Å². The van der Waals surface area contributed by atoms with Gasteiger partial charge in [-0.15, -0.1) is 0 Å². The van der Waals surface area contributed by atoms with Crippen LogP contribution in [0.5, 0.6) is 23.0 Å². The Labute approximate surface area is 164 Å². The van der Waals surface area contributed by atoms with Crippen LogP contribution in [-0.2, 0) is 9.59 Å². The van der Waals surface area contributed by atoms with Gasteiger partial charge in [0.25, 0.3) is 0 Å². The maximum atomic E-state index is 12.1. The molecule has 28 heavy (non-hydrogen) atoms. The second kappa shape index (κ2) is 9.97. The first-order valence-corrected chi connectivity index (χ1v) is 8.41. The Balaban J connectivity index is 2.07. The molecule has 0 aromatic heterocycles. The molecule has 0 N–H and O–H groups in total. The Morgan fingerprint density at radius 1 is 0.607 bits per heavy atom. The third-order valence-electron chi connectivity index (χ3n) is 3.91. The van der Waals surface area contributed by atoms with Gasteiger partial charge in [0, 0.05) is 0 Å². The van der Waals surface area contributed by atoms with Gasteiger partial charge in [-0.3, -0.25) is 9.59 Å². The van der Waals surface area contributed by atoms with Crippen LogP contribution in [0.1, 0.15) is 11.1 Å². The molecule has 0 saturated heterocycles. The molecule has 0 atom stereocenters. The molecule has 0 aliphatic rings. The van der Waals surface area contributed by atoms with Crippen molar-refractivity contribution < 1.29 is 28.5 Å². The number of methoxy groups -OCH3 is 4. The van der Waals surface area contributed by atoms with Gasteiger partial charge in [0.2, 0.25) is 11.6 Å². The van der Waals surface area contributed by atoms with Gasteiger partial charge < -0.3 is 18.9 Å². The van der Waals surface area contributed by atoms with Gasteiger partial charge in [-0.2, -0.15) is 0 Å². The number of hydrogen-bond acceptors (Lipinski definition) is 6. The molecule has 0 spiro atoms. The zero-order valence-corrected chi connectivity index (χ0v) is 16.2. The first-order chi connectivity index (χ1) is 13.5. The number of allylic oxidation sites excluding steroid dienone is 2. The molecule has 0 radical (unpaired) electrons. The summed E-state index contributed by atoms with van der Waals surface area (Å²) in [5, 5.41) is 0.